The lowest BCUT2D eigenvalue weighted by Crippen LogP contribution is -2.47. The summed E-state index contributed by atoms with van der Waals surface area (Å²) in [6, 6.07) is 0.342. The number of rotatable bonds is 6. The van der Waals surface area contributed by atoms with Gasteiger partial charge in [-0.3, -0.25) is 4.79 Å². The normalized spacial score (nSPS) is 25.6. The number of ether oxygens (including phenoxy) is 1. The Kier molecular flexibility index (Phi) is 4.90. The summed E-state index contributed by atoms with van der Waals surface area (Å²) in [5.74, 6) is 0.144. The standard InChI is InChI=1S/C10H20N2O2/c1-3-11-5-4-10(13)12-8-6-9(7-8)14-2/h8-9,11H,3-7H2,1-2H3,(H,12,13). The molecule has 0 aromatic carbocycles. The van der Waals surface area contributed by atoms with Crippen LogP contribution in [-0.2, 0) is 9.53 Å². The number of methoxy groups -OCH3 is 1. The van der Waals surface area contributed by atoms with Gasteiger partial charge in [0.15, 0.2) is 0 Å². The molecule has 0 spiro atoms. The van der Waals surface area contributed by atoms with Crippen molar-refractivity contribution in [2.75, 3.05) is 20.2 Å². The molecule has 82 valence electrons. The molecule has 0 bridgehead atoms. The third-order valence-electron chi connectivity index (χ3n) is 2.57. The Bertz CT molecular complexity index is 179. The Balaban J connectivity index is 1.99. The topological polar surface area (TPSA) is 50.4 Å². The van der Waals surface area contributed by atoms with Crippen molar-refractivity contribution in [3.8, 4) is 0 Å². The zero-order chi connectivity index (χ0) is 10.4. The van der Waals surface area contributed by atoms with E-state index in [1.54, 1.807) is 7.11 Å². The molecule has 0 heterocycles. The second kappa shape index (κ2) is 5.98. The fourth-order valence-electron chi connectivity index (χ4n) is 1.55. The van der Waals surface area contributed by atoms with Crippen LogP contribution >= 0.6 is 0 Å². The van der Waals surface area contributed by atoms with Gasteiger partial charge in [0.2, 0.25) is 5.91 Å². The van der Waals surface area contributed by atoms with E-state index in [-0.39, 0.29) is 5.91 Å². The lowest BCUT2D eigenvalue weighted by Gasteiger charge is -2.34. The molecule has 1 rings (SSSR count). The zero-order valence-electron chi connectivity index (χ0n) is 9.01. The Hall–Kier alpha value is -0.610. The minimum Gasteiger partial charge on any atom is -0.381 e. The molecular weight excluding hydrogens is 180 g/mol. The number of carbonyl (C=O) groups excluding carboxylic acids is 1. The predicted molar refractivity (Wildman–Crippen MR) is 55.1 cm³/mol. The lowest BCUT2D eigenvalue weighted by atomic mass is 9.89. The van der Waals surface area contributed by atoms with Gasteiger partial charge in [-0.05, 0) is 19.4 Å². The summed E-state index contributed by atoms with van der Waals surface area (Å²) >= 11 is 0. The molecule has 0 radical (unpaired) electrons. The molecule has 1 aliphatic rings. The van der Waals surface area contributed by atoms with Gasteiger partial charge in [-0.25, -0.2) is 0 Å². The summed E-state index contributed by atoms with van der Waals surface area (Å²) in [4.78, 5) is 11.3. The van der Waals surface area contributed by atoms with Crippen molar-refractivity contribution in [2.24, 2.45) is 0 Å². The minimum atomic E-state index is 0.144. The molecule has 0 aromatic heterocycles. The number of amides is 1. The third-order valence-corrected chi connectivity index (χ3v) is 2.57. The van der Waals surface area contributed by atoms with Crippen LogP contribution in [0, 0.1) is 0 Å². The van der Waals surface area contributed by atoms with Crippen LogP contribution in [0.1, 0.15) is 26.2 Å². The maximum absolute atomic E-state index is 11.3. The van der Waals surface area contributed by atoms with Crippen molar-refractivity contribution in [3.05, 3.63) is 0 Å². The maximum atomic E-state index is 11.3. The average molecular weight is 200 g/mol. The lowest BCUT2D eigenvalue weighted by molar-refractivity contribution is -0.123. The van der Waals surface area contributed by atoms with Crippen molar-refractivity contribution in [1.82, 2.24) is 10.6 Å². The second-order valence-electron chi connectivity index (χ2n) is 3.70. The molecule has 2 N–H and O–H groups in total. The summed E-state index contributed by atoms with van der Waals surface area (Å²) in [5, 5.41) is 6.10. The summed E-state index contributed by atoms with van der Waals surface area (Å²) in [6.07, 6.45) is 2.85. The first-order valence-electron chi connectivity index (χ1n) is 5.29. The first-order chi connectivity index (χ1) is 6.76. The van der Waals surface area contributed by atoms with E-state index in [0.717, 1.165) is 25.9 Å². The minimum absolute atomic E-state index is 0.144. The van der Waals surface area contributed by atoms with E-state index in [4.69, 9.17) is 4.74 Å². The maximum Gasteiger partial charge on any atom is 0.221 e. The summed E-state index contributed by atoms with van der Waals surface area (Å²) in [5.41, 5.74) is 0. The molecule has 0 atom stereocenters. The van der Waals surface area contributed by atoms with Gasteiger partial charge in [-0.15, -0.1) is 0 Å². The Labute approximate surface area is 85.4 Å². The molecule has 4 nitrogen and oxygen atoms in total. The molecule has 0 aliphatic heterocycles. The molecule has 1 aliphatic carbocycles. The number of carbonyl (C=O) groups is 1. The highest BCUT2D eigenvalue weighted by molar-refractivity contribution is 5.76. The van der Waals surface area contributed by atoms with Crippen molar-refractivity contribution in [1.29, 1.82) is 0 Å². The third kappa shape index (κ3) is 3.64. The number of nitrogens with one attached hydrogen (secondary N) is 2. The van der Waals surface area contributed by atoms with Crippen molar-refractivity contribution in [3.63, 3.8) is 0 Å². The van der Waals surface area contributed by atoms with Crippen LogP contribution in [0.4, 0.5) is 0 Å². The largest absolute Gasteiger partial charge is 0.381 e. The highest BCUT2D eigenvalue weighted by Crippen LogP contribution is 2.22. The van der Waals surface area contributed by atoms with Crippen molar-refractivity contribution in [2.45, 2.75) is 38.3 Å². The van der Waals surface area contributed by atoms with Gasteiger partial charge >= 0.3 is 0 Å². The smallest absolute Gasteiger partial charge is 0.221 e. The van der Waals surface area contributed by atoms with Gasteiger partial charge in [0.05, 0.1) is 6.10 Å². The van der Waals surface area contributed by atoms with Crippen molar-refractivity contribution >= 4 is 5.91 Å². The van der Waals surface area contributed by atoms with Gasteiger partial charge in [0.25, 0.3) is 0 Å². The average Bonchev–Trinajstić information content (AvgIpc) is 2.11. The molecule has 0 unspecified atom stereocenters. The molecule has 0 aromatic rings. The Morgan fingerprint density at radius 3 is 2.79 bits per heavy atom. The van der Waals surface area contributed by atoms with Gasteiger partial charge in [0, 0.05) is 26.1 Å². The first-order valence-corrected chi connectivity index (χ1v) is 5.29. The Morgan fingerprint density at radius 2 is 2.21 bits per heavy atom. The van der Waals surface area contributed by atoms with Crippen LogP contribution in [0.2, 0.25) is 0 Å². The SMILES string of the molecule is CCNCCC(=O)NC1CC(OC)C1. The van der Waals surface area contributed by atoms with Crippen LogP contribution in [0.15, 0.2) is 0 Å². The van der Waals surface area contributed by atoms with E-state index in [1.165, 1.54) is 0 Å². The van der Waals surface area contributed by atoms with Crippen LogP contribution in [-0.4, -0.2) is 38.3 Å². The zero-order valence-corrected chi connectivity index (χ0v) is 9.01. The van der Waals surface area contributed by atoms with Gasteiger partial charge < -0.3 is 15.4 Å². The van der Waals surface area contributed by atoms with Crippen LogP contribution in [0.5, 0.6) is 0 Å². The monoisotopic (exact) mass is 200 g/mol. The fourth-order valence-corrected chi connectivity index (χ4v) is 1.55. The van der Waals surface area contributed by atoms with E-state index in [2.05, 4.69) is 10.6 Å². The van der Waals surface area contributed by atoms with E-state index in [0.29, 0.717) is 18.6 Å². The van der Waals surface area contributed by atoms with Crippen LogP contribution in [0.3, 0.4) is 0 Å². The number of hydrogen-bond acceptors (Lipinski definition) is 3. The molecule has 0 saturated heterocycles. The first kappa shape index (κ1) is 11.5. The predicted octanol–water partition coefficient (Wildman–Crippen LogP) is 0.280. The summed E-state index contributed by atoms with van der Waals surface area (Å²) < 4.78 is 5.13. The summed E-state index contributed by atoms with van der Waals surface area (Å²) in [6.45, 7) is 3.72. The van der Waals surface area contributed by atoms with Gasteiger partial charge in [-0.1, -0.05) is 6.92 Å². The molecule has 1 amide bonds. The summed E-state index contributed by atoms with van der Waals surface area (Å²) in [7, 11) is 1.72. The van der Waals surface area contributed by atoms with Crippen molar-refractivity contribution < 1.29 is 9.53 Å². The number of hydrogen-bond donors (Lipinski definition) is 2. The molecule has 14 heavy (non-hydrogen) atoms. The van der Waals surface area contributed by atoms with Crippen LogP contribution in [0.25, 0.3) is 0 Å². The highest BCUT2D eigenvalue weighted by Gasteiger charge is 2.29. The Morgan fingerprint density at radius 1 is 1.50 bits per heavy atom. The molecule has 1 fully saturated rings. The molecular formula is C10H20N2O2. The van der Waals surface area contributed by atoms with E-state index >= 15 is 0 Å². The van der Waals surface area contributed by atoms with Gasteiger partial charge in [-0.2, -0.15) is 0 Å². The van der Waals surface area contributed by atoms with E-state index in [1.807, 2.05) is 6.92 Å². The fraction of sp³-hybridized carbons (Fsp3) is 0.900. The molecule has 1 saturated carbocycles. The van der Waals surface area contributed by atoms with E-state index in [9.17, 15) is 4.79 Å². The van der Waals surface area contributed by atoms with Gasteiger partial charge in [0.1, 0.15) is 0 Å². The quantitative estimate of drug-likeness (QED) is 0.605. The highest BCUT2D eigenvalue weighted by atomic mass is 16.5. The second-order valence-corrected chi connectivity index (χ2v) is 3.70. The van der Waals surface area contributed by atoms with Crippen LogP contribution < -0.4 is 10.6 Å². The van der Waals surface area contributed by atoms with E-state index < -0.39 is 0 Å². The molecule has 4 heteroatoms.